The molecular formula is C13H16FNO2. The molecule has 0 aliphatic carbocycles. The Kier molecular flexibility index (Phi) is 3.89. The lowest BCUT2D eigenvalue weighted by Crippen LogP contribution is -2.22. The van der Waals surface area contributed by atoms with Gasteiger partial charge in [0, 0.05) is 6.08 Å². The second-order valence-electron chi connectivity index (χ2n) is 4.65. The molecule has 0 amide bonds. The Bertz CT molecular complexity index is 447. The SMILES string of the molecule is CC(C)(C)OC(=O)C=Cc1ccc(F)c(N)c1. The number of carbonyl (C=O) groups excluding carboxylic acids is 1. The van der Waals surface area contributed by atoms with E-state index in [4.69, 9.17) is 10.5 Å². The Morgan fingerprint density at radius 3 is 2.59 bits per heavy atom. The molecule has 0 aliphatic rings. The number of ether oxygens (including phenoxy) is 1. The predicted octanol–water partition coefficient (Wildman–Crippen LogP) is 2.76. The number of anilines is 1. The first-order valence-electron chi connectivity index (χ1n) is 5.24. The number of carbonyl (C=O) groups is 1. The standard InChI is InChI=1S/C13H16FNO2/c1-13(2,3)17-12(16)7-5-9-4-6-10(14)11(15)8-9/h4-8H,15H2,1-3H3. The van der Waals surface area contributed by atoms with Crippen LogP contribution in [0.15, 0.2) is 24.3 Å². The largest absolute Gasteiger partial charge is 0.457 e. The van der Waals surface area contributed by atoms with Crippen LogP contribution in [0.4, 0.5) is 10.1 Å². The van der Waals surface area contributed by atoms with Gasteiger partial charge < -0.3 is 10.5 Å². The van der Waals surface area contributed by atoms with E-state index in [1.807, 2.05) is 0 Å². The first-order chi connectivity index (χ1) is 7.78. The van der Waals surface area contributed by atoms with Crippen molar-refractivity contribution in [3.63, 3.8) is 0 Å². The molecule has 0 bridgehead atoms. The first kappa shape index (κ1) is 13.2. The van der Waals surface area contributed by atoms with Crippen molar-refractivity contribution in [1.29, 1.82) is 0 Å². The highest BCUT2D eigenvalue weighted by Crippen LogP contribution is 2.14. The van der Waals surface area contributed by atoms with E-state index in [1.54, 1.807) is 20.8 Å². The van der Waals surface area contributed by atoms with Gasteiger partial charge in [0.15, 0.2) is 0 Å². The molecule has 1 aromatic rings. The third-order valence-corrected chi connectivity index (χ3v) is 1.84. The Hall–Kier alpha value is -1.84. The molecule has 0 heterocycles. The van der Waals surface area contributed by atoms with Crippen LogP contribution in [0.2, 0.25) is 0 Å². The molecule has 92 valence electrons. The van der Waals surface area contributed by atoms with E-state index >= 15 is 0 Å². The summed E-state index contributed by atoms with van der Waals surface area (Å²) in [7, 11) is 0. The van der Waals surface area contributed by atoms with Crippen LogP contribution >= 0.6 is 0 Å². The van der Waals surface area contributed by atoms with Crippen molar-refractivity contribution in [1.82, 2.24) is 0 Å². The first-order valence-corrected chi connectivity index (χ1v) is 5.24. The number of benzene rings is 1. The number of esters is 1. The number of hydrogen-bond donors (Lipinski definition) is 1. The van der Waals surface area contributed by atoms with Crippen LogP contribution < -0.4 is 5.73 Å². The topological polar surface area (TPSA) is 52.3 Å². The minimum Gasteiger partial charge on any atom is -0.457 e. The second-order valence-corrected chi connectivity index (χ2v) is 4.65. The molecule has 0 saturated carbocycles. The second kappa shape index (κ2) is 4.99. The van der Waals surface area contributed by atoms with E-state index in [0.717, 1.165) is 0 Å². The van der Waals surface area contributed by atoms with Crippen molar-refractivity contribution in [3.8, 4) is 0 Å². The molecule has 0 aromatic heterocycles. The zero-order valence-corrected chi connectivity index (χ0v) is 10.2. The van der Waals surface area contributed by atoms with Crippen LogP contribution in [0.5, 0.6) is 0 Å². The molecule has 0 atom stereocenters. The van der Waals surface area contributed by atoms with Crippen molar-refractivity contribution < 1.29 is 13.9 Å². The molecule has 2 N–H and O–H groups in total. The van der Waals surface area contributed by atoms with Gasteiger partial charge in [0.25, 0.3) is 0 Å². The quantitative estimate of drug-likeness (QED) is 0.489. The van der Waals surface area contributed by atoms with Crippen molar-refractivity contribution in [2.75, 3.05) is 5.73 Å². The van der Waals surface area contributed by atoms with Gasteiger partial charge in [-0.25, -0.2) is 9.18 Å². The van der Waals surface area contributed by atoms with Crippen molar-refractivity contribution in [2.45, 2.75) is 26.4 Å². The minimum atomic E-state index is -0.525. The average molecular weight is 237 g/mol. The van der Waals surface area contributed by atoms with E-state index in [-0.39, 0.29) is 5.69 Å². The smallest absolute Gasteiger partial charge is 0.331 e. The van der Waals surface area contributed by atoms with Crippen LogP contribution in [-0.4, -0.2) is 11.6 Å². The van der Waals surface area contributed by atoms with Crippen molar-refractivity contribution in [2.24, 2.45) is 0 Å². The zero-order valence-electron chi connectivity index (χ0n) is 10.2. The summed E-state index contributed by atoms with van der Waals surface area (Å²) >= 11 is 0. The maximum atomic E-state index is 12.9. The molecule has 1 aromatic carbocycles. The molecule has 4 heteroatoms. The molecule has 0 aliphatic heterocycles. The van der Waals surface area contributed by atoms with Crippen LogP contribution in [0.25, 0.3) is 6.08 Å². The van der Waals surface area contributed by atoms with E-state index in [0.29, 0.717) is 5.56 Å². The van der Waals surface area contributed by atoms with Gasteiger partial charge in [-0.05, 0) is 44.5 Å². The number of nitrogens with two attached hydrogens (primary N) is 1. The van der Waals surface area contributed by atoms with E-state index in [9.17, 15) is 9.18 Å². The summed E-state index contributed by atoms with van der Waals surface area (Å²) in [6, 6.07) is 4.24. The monoisotopic (exact) mass is 237 g/mol. The Morgan fingerprint density at radius 2 is 2.06 bits per heavy atom. The Morgan fingerprint density at radius 1 is 1.41 bits per heavy atom. The fourth-order valence-electron chi connectivity index (χ4n) is 1.17. The lowest BCUT2D eigenvalue weighted by atomic mass is 10.1. The Labute approximate surface area is 100 Å². The maximum Gasteiger partial charge on any atom is 0.331 e. The fourth-order valence-corrected chi connectivity index (χ4v) is 1.17. The number of hydrogen-bond acceptors (Lipinski definition) is 3. The van der Waals surface area contributed by atoms with Crippen LogP contribution in [0.3, 0.4) is 0 Å². The summed E-state index contributed by atoms with van der Waals surface area (Å²) in [6.45, 7) is 5.36. The summed E-state index contributed by atoms with van der Waals surface area (Å²) in [5.41, 5.74) is 5.58. The lowest BCUT2D eigenvalue weighted by molar-refractivity contribution is -0.148. The molecule has 0 fully saturated rings. The molecule has 1 rings (SSSR count). The lowest BCUT2D eigenvalue weighted by Gasteiger charge is -2.17. The predicted molar refractivity (Wildman–Crippen MR) is 65.7 cm³/mol. The molecular weight excluding hydrogens is 221 g/mol. The molecule has 17 heavy (non-hydrogen) atoms. The van der Waals surface area contributed by atoms with Gasteiger partial charge in [-0.2, -0.15) is 0 Å². The average Bonchev–Trinajstić information content (AvgIpc) is 2.17. The highest BCUT2D eigenvalue weighted by Gasteiger charge is 2.13. The summed E-state index contributed by atoms with van der Waals surface area (Å²) in [5, 5.41) is 0. The zero-order chi connectivity index (χ0) is 13.1. The third-order valence-electron chi connectivity index (χ3n) is 1.84. The van der Waals surface area contributed by atoms with Gasteiger partial charge in [0.1, 0.15) is 11.4 Å². The highest BCUT2D eigenvalue weighted by atomic mass is 19.1. The van der Waals surface area contributed by atoms with E-state index < -0.39 is 17.4 Å². The van der Waals surface area contributed by atoms with E-state index in [2.05, 4.69) is 0 Å². The molecule has 0 spiro atoms. The molecule has 3 nitrogen and oxygen atoms in total. The summed E-state index contributed by atoms with van der Waals surface area (Å²) in [4.78, 5) is 11.4. The molecule has 0 unspecified atom stereocenters. The molecule has 0 saturated heterocycles. The van der Waals surface area contributed by atoms with Crippen LogP contribution in [-0.2, 0) is 9.53 Å². The number of nitrogen functional groups attached to an aromatic ring is 1. The van der Waals surface area contributed by atoms with Gasteiger partial charge in [0.2, 0.25) is 0 Å². The fraction of sp³-hybridized carbons (Fsp3) is 0.308. The van der Waals surface area contributed by atoms with Gasteiger partial charge in [-0.1, -0.05) is 6.07 Å². The van der Waals surface area contributed by atoms with Gasteiger partial charge in [-0.15, -0.1) is 0 Å². The highest BCUT2D eigenvalue weighted by molar-refractivity contribution is 5.87. The Balaban J connectivity index is 2.71. The van der Waals surface area contributed by atoms with Crippen LogP contribution in [0.1, 0.15) is 26.3 Å². The number of rotatable bonds is 2. The summed E-state index contributed by atoms with van der Waals surface area (Å²) in [6.07, 6.45) is 2.82. The molecule has 0 radical (unpaired) electrons. The van der Waals surface area contributed by atoms with Gasteiger partial charge >= 0.3 is 5.97 Å². The third kappa shape index (κ3) is 4.68. The summed E-state index contributed by atoms with van der Waals surface area (Å²) < 4.78 is 18.0. The minimum absolute atomic E-state index is 0.0522. The van der Waals surface area contributed by atoms with Crippen molar-refractivity contribution >= 4 is 17.7 Å². The van der Waals surface area contributed by atoms with Crippen molar-refractivity contribution in [3.05, 3.63) is 35.7 Å². The normalized spacial score (nSPS) is 11.8. The van der Waals surface area contributed by atoms with Crippen LogP contribution in [0, 0.1) is 5.82 Å². The number of halogens is 1. The van der Waals surface area contributed by atoms with E-state index in [1.165, 1.54) is 30.4 Å². The van der Waals surface area contributed by atoms with Gasteiger partial charge in [-0.3, -0.25) is 0 Å². The summed E-state index contributed by atoms with van der Waals surface area (Å²) in [5.74, 6) is -0.917. The van der Waals surface area contributed by atoms with Gasteiger partial charge in [0.05, 0.1) is 5.69 Å². The maximum absolute atomic E-state index is 12.9.